The van der Waals surface area contributed by atoms with E-state index in [9.17, 15) is 4.79 Å². The first-order valence-corrected chi connectivity index (χ1v) is 6.54. The maximum atomic E-state index is 11.9. The number of hydrogen-bond donors (Lipinski definition) is 0. The molecule has 0 N–H and O–H groups in total. The fourth-order valence-corrected chi connectivity index (χ4v) is 2.22. The predicted molar refractivity (Wildman–Crippen MR) is 70.0 cm³/mol. The molecule has 0 aromatic heterocycles. The molecule has 4 nitrogen and oxygen atoms in total. The summed E-state index contributed by atoms with van der Waals surface area (Å²) in [6, 6.07) is 2.57. The number of ether oxygens (including phenoxy) is 1. The Morgan fingerprint density at radius 1 is 1.39 bits per heavy atom. The van der Waals surface area contributed by atoms with Gasteiger partial charge in [-0.05, 0) is 53.4 Å². The molecule has 1 aliphatic rings. The number of hydrogen-bond acceptors (Lipinski definition) is 3. The topological polar surface area (TPSA) is 53.3 Å². The van der Waals surface area contributed by atoms with E-state index < -0.39 is 5.60 Å². The summed E-state index contributed by atoms with van der Waals surface area (Å²) in [6.07, 6.45) is 3.18. The van der Waals surface area contributed by atoms with E-state index in [1.54, 1.807) is 11.9 Å². The smallest absolute Gasteiger partial charge is 0.410 e. The van der Waals surface area contributed by atoms with Crippen LogP contribution in [0.2, 0.25) is 0 Å². The van der Waals surface area contributed by atoms with Gasteiger partial charge in [0.25, 0.3) is 0 Å². The molecule has 0 bridgehead atoms. The lowest BCUT2D eigenvalue weighted by Crippen LogP contribution is -2.43. The molecule has 0 aromatic rings. The molecule has 1 rings (SSSR count). The van der Waals surface area contributed by atoms with E-state index in [-0.39, 0.29) is 17.6 Å². The number of nitriles is 1. The largest absolute Gasteiger partial charge is 0.444 e. The van der Waals surface area contributed by atoms with E-state index in [1.807, 2.05) is 27.7 Å². The van der Waals surface area contributed by atoms with Gasteiger partial charge in [-0.1, -0.05) is 0 Å². The molecule has 1 fully saturated rings. The third-order valence-corrected chi connectivity index (χ3v) is 3.56. The lowest BCUT2D eigenvalue weighted by molar-refractivity contribution is 0.0159. The van der Waals surface area contributed by atoms with Gasteiger partial charge in [0, 0.05) is 13.1 Å². The van der Waals surface area contributed by atoms with E-state index >= 15 is 0 Å². The third kappa shape index (κ3) is 3.90. The average Bonchev–Trinajstić information content (AvgIpc) is 2.27. The summed E-state index contributed by atoms with van der Waals surface area (Å²) in [7, 11) is 1.79. The number of rotatable bonds is 1. The van der Waals surface area contributed by atoms with Crippen molar-refractivity contribution in [3.05, 3.63) is 0 Å². The molecule has 0 aromatic carbocycles. The Hall–Kier alpha value is -1.24. The summed E-state index contributed by atoms with van der Waals surface area (Å²) in [5, 5.41) is 9.08. The van der Waals surface area contributed by atoms with Crippen LogP contribution in [0.15, 0.2) is 0 Å². The highest BCUT2D eigenvalue weighted by Crippen LogP contribution is 2.36. The standard InChI is InChI=1S/C14H24N2O2/c1-13(2,3)18-12(17)16(5)11-6-8-14(4,10-15)9-7-11/h11H,6-9H2,1-5H3. The molecule has 0 spiro atoms. The van der Waals surface area contributed by atoms with E-state index in [0.29, 0.717) is 0 Å². The van der Waals surface area contributed by atoms with Crippen LogP contribution >= 0.6 is 0 Å². The first kappa shape index (κ1) is 14.8. The zero-order valence-electron chi connectivity index (χ0n) is 12.1. The lowest BCUT2D eigenvalue weighted by Gasteiger charge is -2.37. The Morgan fingerprint density at radius 3 is 2.28 bits per heavy atom. The Labute approximate surface area is 110 Å². The Morgan fingerprint density at radius 2 is 1.89 bits per heavy atom. The van der Waals surface area contributed by atoms with Gasteiger partial charge >= 0.3 is 6.09 Å². The van der Waals surface area contributed by atoms with Crippen molar-refractivity contribution in [1.82, 2.24) is 4.90 Å². The van der Waals surface area contributed by atoms with Gasteiger partial charge in [-0.2, -0.15) is 5.26 Å². The second-order valence-corrected chi connectivity index (χ2v) is 6.49. The zero-order chi connectivity index (χ0) is 14.0. The van der Waals surface area contributed by atoms with E-state index in [0.717, 1.165) is 25.7 Å². The number of amides is 1. The quantitative estimate of drug-likeness (QED) is 0.719. The van der Waals surface area contributed by atoms with Crippen molar-refractivity contribution in [1.29, 1.82) is 5.26 Å². The molecule has 0 atom stereocenters. The summed E-state index contributed by atoms with van der Waals surface area (Å²) in [6.45, 7) is 7.60. The summed E-state index contributed by atoms with van der Waals surface area (Å²) in [5.74, 6) is 0. The zero-order valence-corrected chi connectivity index (χ0v) is 12.1. The van der Waals surface area contributed by atoms with E-state index in [2.05, 4.69) is 6.07 Å². The maximum Gasteiger partial charge on any atom is 0.410 e. The van der Waals surface area contributed by atoms with Gasteiger partial charge in [-0.3, -0.25) is 0 Å². The van der Waals surface area contributed by atoms with Crippen LogP contribution < -0.4 is 0 Å². The molecule has 4 heteroatoms. The van der Waals surface area contributed by atoms with Crippen LogP contribution in [-0.4, -0.2) is 29.7 Å². The van der Waals surface area contributed by atoms with Crippen molar-refractivity contribution in [2.45, 2.75) is 65.0 Å². The third-order valence-electron chi connectivity index (χ3n) is 3.56. The minimum Gasteiger partial charge on any atom is -0.444 e. The van der Waals surface area contributed by atoms with E-state index in [1.165, 1.54) is 0 Å². The van der Waals surface area contributed by atoms with E-state index in [4.69, 9.17) is 10.00 Å². The fourth-order valence-electron chi connectivity index (χ4n) is 2.22. The number of nitrogens with zero attached hydrogens (tertiary/aromatic N) is 2. The highest BCUT2D eigenvalue weighted by Gasteiger charge is 2.34. The van der Waals surface area contributed by atoms with Gasteiger partial charge in [-0.25, -0.2) is 4.79 Å². The van der Waals surface area contributed by atoms with Crippen LogP contribution in [0.4, 0.5) is 4.79 Å². The van der Waals surface area contributed by atoms with Crippen LogP contribution in [0.25, 0.3) is 0 Å². The molecule has 0 aliphatic heterocycles. The molecular weight excluding hydrogens is 228 g/mol. The van der Waals surface area contributed by atoms with Crippen molar-refractivity contribution in [2.24, 2.45) is 5.41 Å². The molecule has 0 saturated heterocycles. The summed E-state index contributed by atoms with van der Waals surface area (Å²) >= 11 is 0. The van der Waals surface area contributed by atoms with Crippen molar-refractivity contribution in [3.8, 4) is 6.07 Å². The monoisotopic (exact) mass is 252 g/mol. The molecule has 18 heavy (non-hydrogen) atoms. The highest BCUT2D eigenvalue weighted by molar-refractivity contribution is 5.68. The molecule has 1 amide bonds. The molecule has 0 radical (unpaired) electrons. The Kier molecular flexibility index (Phi) is 4.26. The first-order valence-electron chi connectivity index (χ1n) is 6.54. The van der Waals surface area contributed by atoms with Crippen LogP contribution in [0, 0.1) is 16.7 Å². The average molecular weight is 252 g/mol. The second kappa shape index (κ2) is 5.17. The minimum absolute atomic E-state index is 0.196. The Bertz CT molecular complexity index is 344. The van der Waals surface area contributed by atoms with Crippen LogP contribution in [0.3, 0.4) is 0 Å². The SMILES string of the molecule is CN(C(=O)OC(C)(C)C)C1CCC(C)(C#N)CC1. The van der Waals surface area contributed by atoms with Crippen molar-refractivity contribution >= 4 is 6.09 Å². The maximum absolute atomic E-state index is 11.9. The molecule has 0 heterocycles. The molecule has 1 aliphatic carbocycles. The van der Waals surface area contributed by atoms with Gasteiger partial charge in [0.05, 0.1) is 11.5 Å². The molecular formula is C14H24N2O2. The lowest BCUT2D eigenvalue weighted by atomic mass is 9.75. The normalized spacial score (nSPS) is 28.3. The summed E-state index contributed by atoms with van der Waals surface area (Å²) in [5.41, 5.74) is -0.674. The summed E-state index contributed by atoms with van der Waals surface area (Å²) in [4.78, 5) is 13.6. The number of carbonyl (C=O) groups is 1. The second-order valence-electron chi connectivity index (χ2n) is 6.49. The summed E-state index contributed by atoms with van der Waals surface area (Å²) < 4.78 is 5.35. The number of carbonyl (C=O) groups excluding carboxylic acids is 1. The van der Waals surface area contributed by atoms with Gasteiger partial charge in [-0.15, -0.1) is 0 Å². The van der Waals surface area contributed by atoms with Gasteiger partial charge < -0.3 is 9.64 Å². The van der Waals surface area contributed by atoms with Crippen LogP contribution in [-0.2, 0) is 4.74 Å². The molecule has 102 valence electrons. The highest BCUT2D eigenvalue weighted by atomic mass is 16.6. The Balaban J connectivity index is 2.53. The fraction of sp³-hybridized carbons (Fsp3) is 0.857. The van der Waals surface area contributed by atoms with Gasteiger partial charge in [0.2, 0.25) is 0 Å². The van der Waals surface area contributed by atoms with Crippen LogP contribution in [0.5, 0.6) is 0 Å². The van der Waals surface area contributed by atoms with Crippen molar-refractivity contribution < 1.29 is 9.53 Å². The molecule has 0 unspecified atom stereocenters. The molecule has 1 saturated carbocycles. The first-order chi connectivity index (χ1) is 8.17. The van der Waals surface area contributed by atoms with Crippen molar-refractivity contribution in [3.63, 3.8) is 0 Å². The minimum atomic E-state index is -0.457. The van der Waals surface area contributed by atoms with Gasteiger partial charge in [0.1, 0.15) is 5.60 Å². The van der Waals surface area contributed by atoms with Crippen LogP contribution in [0.1, 0.15) is 53.4 Å². The predicted octanol–water partition coefficient (Wildman–Crippen LogP) is 3.33. The van der Waals surface area contributed by atoms with Gasteiger partial charge in [0.15, 0.2) is 0 Å². The van der Waals surface area contributed by atoms with Crippen molar-refractivity contribution in [2.75, 3.05) is 7.05 Å².